The lowest BCUT2D eigenvalue weighted by Gasteiger charge is -2.28. The Morgan fingerprint density at radius 3 is 2.55 bits per heavy atom. The monoisotopic (exact) mass is 475 g/mol. The maximum atomic E-state index is 13.2. The highest BCUT2D eigenvalue weighted by Crippen LogP contribution is 2.32. The molecular formula is C24H33N3O5S. The molecule has 1 aliphatic rings. The summed E-state index contributed by atoms with van der Waals surface area (Å²) >= 11 is 0. The van der Waals surface area contributed by atoms with E-state index in [4.69, 9.17) is 15.2 Å². The molecule has 0 spiro atoms. The highest BCUT2D eigenvalue weighted by atomic mass is 32.2. The number of hydrogen-bond donors (Lipinski definition) is 2. The van der Waals surface area contributed by atoms with E-state index < -0.39 is 16.3 Å². The van der Waals surface area contributed by atoms with Crippen molar-refractivity contribution in [2.24, 2.45) is 10.1 Å². The van der Waals surface area contributed by atoms with Gasteiger partial charge >= 0.3 is 0 Å². The Morgan fingerprint density at radius 2 is 1.88 bits per heavy atom. The van der Waals surface area contributed by atoms with Crippen molar-refractivity contribution in [1.29, 1.82) is 0 Å². The van der Waals surface area contributed by atoms with E-state index in [1.54, 1.807) is 33.9 Å². The minimum Gasteiger partial charge on any atom is -0.496 e. The van der Waals surface area contributed by atoms with Crippen molar-refractivity contribution >= 4 is 16.0 Å². The van der Waals surface area contributed by atoms with Gasteiger partial charge in [-0.3, -0.25) is 0 Å². The minimum absolute atomic E-state index is 0.111. The SMILES string of the molecule is COc1cc(C)c(S(=O)(=O)/N=C(\N)N2C(O)CC[C@H]2CCOCc2ccccc2)c(C)c1C. The molecule has 1 aliphatic heterocycles. The van der Waals surface area contributed by atoms with E-state index in [2.05, 4.69) is 4.40 Å². The third-order valence-corrected chi connectivity index (χ3v) is 7.69. The van der Waals surface area contributed by atoms with Gasteiger partial charge < -0.3 is 25.2 Å². The van der Waals surface area contributed by atoms with Gasteiger partial charge in [0.2, 0.25) is 5.96 Å². The second-order valence-corrected chi connectivity index (χ2v) is 9.89. The summed E-state index contributed by atoms with van der Waals surface area (Å²) in [6, 6.07) is 11.4. The number of nitrogens with zero attached hydrogens (tertiary/aromatic N) is 2. The highest BCUT2D eigenvalue weighted by Gasteiger charge is 2.34. The van der Waals surface area contributed by atoms with Gasteiger partial charge in [-0.05, 0) is 68.4 Å². The zero-order valence-electron chi connectivity index (χ0n) is 19.6. The molecule has 8 nitrogen and oxygen atoms in total. The number of ether oxygens (including phenoxy) is 2. The van der Waals surface area contributed by atoms with Gasteiger partial charge in [-0.25, -0.2) is 0 Å². The molecule has 1 fully saturated rings. The van der Waals surface area contributed by atoms with Crippen molar-refractivity contribution < 1.29 is 23.0 Å². The van der Waals surface area contributed by atoms with E-state index in [1.165, 1.54) is 4.90 Å². The molecular weight excluding hydrogens is 442 g/mol. The van der Waals surface area contributed by atoms with Crippen LogP contribution in [0.1, 0.15) is 41.5 Å². The summed E-state index contributed by atoms with van der Waals surface area (Å²) in [6.45, 7) is 6.17. The Bertz CT molecular complexity index is 1100. The second kappa shape index (κ2) is 10.5. The first kappa shape index (κ1) is 25.0. The Morgan fingerprint density at radius 1 is 1.18 bits per heavy atom. The number of methoxy groups -OCH3 is 1. The summed E-state index contributed by atoms with van der Waals surface area (Å²) in [5.74, 6) is 0.409. The largest absolute Gasteiger partial charge is 0.496 e. The van der Waals surface area contributed by atoms with Gasteiger partial charge in [0.05, 0.1) is 18.6 Å². The Labute approximate surface area is 196 Å². The van der Waals surface area contributed by atoms with Crippen molar-refractivity contribution in [3.63, 3.8) is 0 Å². The van der Waals surface area contributed by atoms with Crippen LogP contribution >= 0.6 is 0 Å². The second-order valence-electron chi connectivity index (χ2n) is 8.35. The van der Waals surface area contributed by atoms with Gasteiger partial charge in [-0.15, -0.1) is 4.40 Å². The molecule has 9 heteroatoms. The first-order chi connectivity index (χ1) is 15.7. The summed E-state index contributed by atoms with van der Waals surface area (Å²) in [4.78, 5) is 1.60. The minimum atomic E-state index is -4.09. The Balaban J connectivity index is 1.75. The van der Waals surface area contributed by atoms with E-state index in [1.807, 2.05) is 30.3 Å². The zero-order chi connectivity index (χ0) is 24.2. The van der Waals surface area contributed by atoms with Crippen LogP contribution in [0.15, 0.2) is 45.7 Å². The van der Waals surface area contributed by atoms with E-state index in [0.29, 0.717) is 49.4 Å². The van der Waals surface area contributed by atoms with Crippen LogP contribution in [0.25, 0.3) is 0 Å². The first-order valence-corrected chi connectivity index (χ1v) is 12.4. The lowest BCUT2D eigenvalue weighted by molar-refractivity contribution is 0.0541. The van der Waals surface area contributed by atoms with Gasteiger partial charge in [0, 0.05) is 12.6 Å². The molecule has 0 saturated carbocycles. The van der Waals surface area contributed by atoms with E-state index in [9.17, 15) is 13.5 Å². The third-order valence-electron chi connectivity index (χ3n) is 6.11. The van der Waals surface area contributed by atoms with Gasteiger partial charge in [-0.1, -0.05) is 30.3 Å². The molecule has 1 saturated heterocycles. The van der Waals surface area contributed by atoms with Crippen LogP contribution in [0.4, 0.5) is 0 Å². The molecule has 1 unspecified atom stereocenters. The quantitative estimate of drug-likeness (QED) is 0.343. The summed E-state index contributed by atoms with van der Waals surface area (Å²) in [7, 11) is -2.54. The van der Waals surface area contributed by atoms with Crippen molar-refractivity contribution in [3.8, 4) is 5.75 Å². The average molecular weight is 476 g/mol. The molecule has 3 rings (SSSR count). The van der Waals surface area contributed by atoms with Crippen molar-refractivity contribution in [3.05, 3.63) is 58.7 Å². The fourth-order valence-corrected chi connectivity index (χ4v) is 5.75. The number of guanidine groups is 1. The number of aliphatic hydroxyl groups is 1. The molecule has 3 N–H and O–H groups in total. The lowest BCUT2D eigenvalue weighted by Crippen LogP contribution is -2.46. The van der Waals surface area contributed by atoms with Crippen LogP contribution in [0.3, 0.4) is 0 Å². The highest BCUT2D eigenvalue weighted by molar-refractivity contribution is 7.90. The van der Waals surface area contributed by atoms with E-state index in [0.717, 1.165) is 11.1 Å². The molecule has 0 aliphatic carbocycles. The number of aliphatic hydroxyl groups excluding tert-OH is 1. The summed E-state index contributed by atoms with van der Waals surface area (Å²) < 4.78 is 41.4. The van der Waals surface area contributed by atoms with Crippen LogP contribution in [-0.4, -0.2) is 50.4 Å². The van der Waals surface area contributed by atoms with Gasteiger partial charge in [0.1, 0.15) is 12.0 Å². The summed E-state index contributed by atoms with van der Waals surface area (Å²) in [5.41, 5.74) is 9.04. The van der Waals surface area contributed by atoms with Crippen LogP contribution in [-0.2, 0) is 21.4 Å². The predicted octanol–water partition coefficient (Wildman–Crippen LogP) is 3.01. The molecule has 1 heterocycles. The van der Waals surface area contributed by atoms with Gasteiger partial charge in [0.15, 0.2) is 0 Å². The predicted molar refractivity (Wildman–Crippen MR) is 128 cm³/mol. The van der Waals surface area contributed by atoms with Crippen molar-refractivity contribution in [1.82, 2.24) is 4.90 Å². The number of sulfonamides is 1. The fourth-order valence-electron chi connectivity index (χ4n) is 4.32. The maximum absolute atomic E-state index is 13.2. The van der Waals surface area contributed by atoms with Gasteiger partial charge in [0.25, 0.3) is 10.0 Å². The summed E-state index contributed by atoms with van der Waals surface area (Å²) in [5, 5.41) is 10.5. The number of aryl methyl sites for hydroxylation is 1. The number of hydrogen-bond acceptors (Lipinski definition) is 5. The number of benzene rings is 2. The number of nitrogens with two attached hydrogens (primary N) is 1. The molecule has 180 valence electrons. The van der Waals surface area contributed by atoms with Crippen LogP contribution in [0, 0.1) is 20.8 Å². The topological polar surface area (TPSA) is 114 Å². The van der Waals surface area contributed by atoms with Crippen LogP contribution in [0.5, 0.6) is 5.75 Å². The van der Waals surface area contributed by atoms with E-state index in [-0.39, 0.29) is 16.9 Å². The van der Waals surface area contributed by atoms with Crippen LogP contribution in [0.2, 0.25) is 0 Å². The summed E-state index contributed by atoms with van der Waals surface area (Å²) in [6.07, 6.45) is 0.869. The lowest BCUT2D eigenvalue weighted by atomic mass is 10.1. The smallest absolute Gasteiger partial charge is 0.286 e. The molecule has 2 aromatic carbocycles. The standard InChI is InChI=1S/C24H33N3O5S/c1-16-14-21(31-4)17(2)18(3)23(16)33(29,30)26-24(25)27-20(10-11-22(27)28)12-13-32-15-19-8-6-5-7-9-19/h5-9,14,20,22,28H,10-13,15H2,1-4H3,(H2,25,26)/t20-,22?/m0/s1. The van der Waals surface area contributed by atoms with Gasteiger partial charge in [-0.2, -0.15) is 8.42 Å². The Kier molecular flexibility index (Phi) is 7.99. The molecule has 0 radical (unpaired) electrons. The first-order valence-electron chi connectivity index (χ1n) is 11.0. The molecule has 0 aromatic heterocycles. The maximum Gasteiger partial charge on any atom is 0.286 e. The number of likely N-dealkylation sites (tertiary alicyclic amines) is 1. The normalized spacial score (nSPS) is 19.2. The van der Waals surface area contributed by atoms with E-state index >= 15 is 0 Å². The van der Waals surface area contributed by atoms with Crippen LogP contribution < -0.4 is 10.5 Å². The third kappa shape index (κ3) is 5.66. The number of rotatable bonds is 8. The molecule has 2 atom stereocenters. The zero-order valence-corrected chi connectivity index (χ0v) is 20.4. The Hall–Kier alpha value is -2.62. The van der Waals surface area contributed by atoms with Crippen molar-refractivity contribution in [2.45, 2.75) is 63.8 Å². The van der Waals surface area contributed by atoms with Crippen molar-refractivity contribution in [2.75, 3.05) is 13.7 Å². The average Bonchev–Trinajstić information content (AvgIpc) is 3.14. The molecule has 0 bridgehead atoms. The molecule has 0 amide bonds. The molecule has 33 heavy (non-hydrogen) atoms. The molecule has 2 aromatic rings. The fraction of sp³-hybridized carbons (Fsp3) is 0.458.